The number of aliphatic carboxylic acids is 2. The second kappa shape index (κ2) is 15.8. The van der Waals surface area contributed by atoms with Gasteiger partial charge in [-0.3, -0.25) is 9.98 Å². The number of aromatic hydroxyl groups is 6. The van der Waals surface area contributed by atoms with Gasteiger partial charge in [-0.2, -0.15) is 0 Å². The molecule has 0 amide bonds. The molecule has 0 radical (unpaired) electrons. The monoisotopic (exact) mass is 676 g/mol. The third-order valence-electron chi connectivity index (χ3n) is 7.87. The van der Waals surface area contributed by atoms with Crippen molar-refractivity contribution in [2.24, 2.45) is 9.98 Å². The van der Waals surface area contributed by atoms with Crippen LogP contribution < -0.4 is 69.3 Å². The number of carbonyl (C=O) groups excluding carboxylic acids is 2. The molecule has 4 aromatic carbocycles. The molecule has 0 aliphatic rings. The van der Waals surface area contributed by atoms with Gasteiger partial charge < -0.3 is 50.4 Å². The van der Waals surface area contributed by atoms with Crippen LogP contribution in [-0.4, -0.2) is 68.1 Å². The van der Waals surface area contributed by atoms with E-state index in [-0.39, 0.29) is 104 Å². The van der Waals surface area contributed by atoms with Crippen LogP contribution in [0.2, 0.25) is 0 Å². The maximum absolute atomic E-state index is 11.9. The summed E-state index contributed by atoms with van der Waals surface area (Å²) in [5.41, 5.74) is 1.36. The second-order valence-corrected chi connectivity index (χ2v) is 11.7. The maximum atomic E-state index is 11.9. The first kappa shape index (κ1) is 40.7. The van der Waals surface area contributed by atoms with Crippen molar-refractivity contribution < 1.29 is 110 Å². The molecule has 0 heterocycles. The molecule has 4 rings (SSSR count). The van der Waals surface area contributed by atoms with Crippen LogP contribution >= 0.6 is 0 Å². The zero-order valence-electron chi connectivity index (χ0n) is 28.1. The molecule has 0 aliphatic heterocycles. The van der Waals surface area contributed by atoms with E-state index in [4.69, 9.17) is 0 Å². The average molecular weight is 677 g/mol. The van der Waals surface area contributed by atoms with Gasteiger partial charge in [-0.25, -0.2) is 0 Å². The van der Waals surface area contributed by atoms with Crippen molar-refractivity contribution >= 4 is 45.9 Å². The first-order valence-electron chi connectivity index (χ1n) is 14.4. The summed E-state index contributed by atoms with van der Waals surface area (Å²) in [6, 6.07) is 3.29. The quantitative estimate of drug-likeness (QED) is 0.0603. The van der Waals surface area contributed by atoms with Gasteiger partial charge in [-0.1, -0.05) is 39.8 Å². The molecule has 6 N–H and O–H groups in total. The molecule has 0 spiro atoms. The van der Waals surface area contributed by atoms with Crippen LogP contribution in [0.4, 0.5) is 0 Å². The summed E-state index contributed by atoms with van der Waals surface area (Å²) < 4.78 is 0. The maximum Gasteiger partial charge on any atom is 1.00 e. The van der Waals surface area contributed by atoms with Gasteiger partial charge in [0.15, 0.2) is 23.0 Å². The fourth-order valence-electron chi connectivity index (χ4n) is 6.05. The summed E-state index contributed by atoms with van der Waals surface area (Å²) in [7, 11) is 0. The van der Waals surface area contributed by atoms with E-state index in [1.165, 1.54) is 0 Å². The molecule has 0 saturated heterocycles. The minimum atomic E-state index is -1.49. The van der Waals surface area contributed by atoms with Crippen molar-refractivity contribution in [3.8, 4) is 45.6 Å². The number of hydrogen-bond acceptors (Lipinski definition) is 12. The Bertz CT molecular complexity index is 1860. The van der Waals surface area contributed by atoms with Crippen LogP contribution in [0.1, 0.15) is 72.9 Å². The summed E-state index contributed by atoms with van der Waals surface area (Å²) in [4.78, 5) is 29.6. The van der Waals surface area contributed by atoms with Gasteiger partial charge in [-0.05, 0) is 47.6 Å². The van der Waals surface area contributed by atoms with E-state index >= 15 is 0 Å². The van der Waals surface area contributed by atoms with Gasteiger partial charge in [0.25, 0.3) is 0 Å². The van der Waals surface area contributed by atoms with Crippen molar-refractivity contribution in [1.29, 1.82) is 0 Å². The molecule has 0 atom stereocenters. The van der Waals surface area contributed by atoms with E-state index in [1.807, 2.05) is 0 Å². The number of aryl methyl sites for hydroxylation is 2. The van der Waals surface area contributed by atoms with Gasteiger partial charge in [0.1, 0.15) is 11.5 Å². The van der Waals surface area contributed by atoms with Gasteiger partial charge in [0, 0.05) is 56.6 Å². The first-order chi connectivity index (χ1) is 21.5. The molecule has 14 heteroatoms. The number of hydrogen-bond donors (Lipinski definition) is 6. The molecule has 242 valence electrons. The summed E-state index contributed by atoms with van der Waals surface area (Å²) >= 11 is 0. The van der Waals surface area contributed by atoms with Crippen molar-refractivity contribution in [2.45, 2.75) is 53.4 Å². The van der Waals surface area contributed by atoms with Crippen molar-refractivity contribution in [2.75, 3.05) is 13.1 Å². The fourth-order valence-corrected chi connectivity index (χ4v) is 6.05. The van der Waals surface area contributed by atoms with E-state index in [9.17, 15) is 50.4 Å². The number of aliphatic imine (C=N–C) groups is 2. The standard InChI is InChI=1S/C34H36N2O10.2Na/c1-13(2)23-17-7-15(5)25(31(43)27(17)19(29(41)33(23)45)9-35-11-21(37)38)26-16(6)8-18-24(14(3)4)34(46)30(42)20(28(18)32(26)44)10-36-12-22(39)40;;/h7-10,13-14,41-46H,11-12H2,1-6H3,(H,37,38)(H,39,40);;/q;2*+1/p-2. The van der Waals surface area contributed by atoms with Gasteiger partial charge in [0.05, 0.1) is 25.0 Å². The Balaban J connectivity index is 0.00000400. The summed E-state index contributed by atoms with van der Waals surface area (Å²) in [5.74, 6) is -6.74. The number of carboxylic acids is 2. The smallest absolute Gasteiger partial charge is 0.548 e. The third-order valence-corrected chi connectivity index (χ3v) is 7.87. The third kappa shape index (κ3) is 7.24. The largest absolute Gasteiger partial charge is 1.00 e. The molecule has 0 aliphatic carbocycles. The molecular formula is C34H34N2Na2O10. The number of benzene rings is 4. The topological polar surface area (TPSA) is 226 Å². The number of carbonyl (C=O) groups is 2. The van der Waals surface area contributed by atoms with Crippen molar-refractivity contribution in [3.05, 3.63) is 45.5 Å². The van der Waals surface area contributed by atoms with Crippen LogP contribution in [0, 0.1) is 13.8 Å². The molecule has 0 saturated carbocycles. The minimum absolute atomic E-state index is 0. The van der Waals surface area contributed by atoms with Crippen molar-refractivity contribution in [3.63, 3.8) is 0 Å². The minimum Gasteiger partial charge on any atom is -0.548 e. The molecule has 0 aromatic heterocycles. The van der Waals surface area contributed by atoms with Crippen LogP contribution in [-0.2, 0) is 9.59 Å². The number of nitrogens with zero attached hydrogens (tertiary/aromatic N) is 2. The molecule has 12 nitrogen and oxygen atoms in total. The number of fused-ring (bicyclic) bond motifs is 2. The molecule has 0 bridgehead atoms. The second-order valence-electron chi connectivity index (χ2n) is 11.7. The first-order valence-corrected chi connectivity index (χ1v) is 14.4. The summed E-state index contributed by atoms with van der Waals surface area (Å²) in [6.07, 6.45) is 2.01. The van der Waals surface area contributed by atoms with E-state index in [2.05, 4.69) is 9.98 Å². The molecular weight excluding hydrogens is 642 g/mol. The predicted molar refractivity (Wildman–Crippen MR) is 169 cm³/mol. The van der Waals surface area contributed by atoms with Crippen LogP contribution in [0.5, 0.6) is 34.5 Å². The Morgan fingerprint density at radius 3 is 1.21 bits per heavy atom. The predicted octanol–water partition coefficient (Wildman–Crippen LogP) is -2.90. The Kier molecular flexibility index (Phi) is 13.4. The zero-order valence-corrected chi connectivity index (χ0v) is 32.1. The summed E-state index contributed by atoms with van der Waals surface area (Å²) in [6.45, 7) is 8.90. The molecule has 0 unspecified atom stereocenters. The van der Waals surface area contributed by atoms with E-state index in [1.54, 1.807) is 53.7 Å². The Hall–Kier alpha value is -3.52. The average Bonchev–Trinajstić information content (AvgIpc) is 2.94. The van der Waals surface area contributed by atoms with Crippen LogP contribution in [0.15, 0.2) is 22.1 Å². The Morgan fingerprint density at radius 2 is 0.938 bits per heavy atom. The normalized spacial score (nSPS) is 11.6. The van der Waals surface area contributed by atoms with E-state index in [0.29, 0.717) is 33.0 Å². The Labute approximate surface area is 320 Å². The number of carboxylic acid groups (broad SMARTS) is 2. The van der Waals surface area contributed by atoms with E-state index < -0.39 is 59.5 Å². The molecule has 4 aromatic rings. The van der Waals surface area contributed by atoms with Gasteiger partial charge >= 0.3 is 59.1 Å². The van der Waals surface area contributed by atoms with Crippen molar-refractivity contribution in [1.82, 2.24) is 0 Å². The fraction of sp³-hybridized carbons (Fsp3) is 0.294. The van der Waals surface area contributed by atoms with Gasteiger partial charge in [-0.15, -0.1) is 0 Å². The Morgan fingerprint density at radius 1 is 0.625 bits per heavy atom. The van der Waals surface area contributed by atoms with Gasteiger partial charge in [0.2, 0.25) is 0 Å². The van der Waals surface area contributed by atoms with Crippen LogP contribution in [0.25, 0.3) is 32.7 Å². The summed E-state index contributed by atoms with van der Waals surface area (Å²) in [5, 5.41) is 90.6. The number of rotatable bonds is 9. The number of phenolic OH excluding ortho intramolecular Hbond substituents is 6. The SMILES string of the molecule is Cc1cc2c(C(C)C)c(O)c(O)c(C=NCC(=O)[O-])c2c(O)c1-c1c(C)cc2c(C(C)C)c(O)c(O)c(C=NCC(=O)[O-])c2c1O.[Na+].[Na+]. The molecule has 0 fully saturated rings. The van der Waals surface area contributed by atoms with E-state index in [0.717, 1.165) is 12.4 Å². The van der Waals surface area contributed by atoms with Crippen LogP contribution in [0.3, 0.4) is 0 Å². The molecule has 48 heavy (non-hydrogen) atoms. The number of phenols is 6. The zero-order chi connectivity index (χ0) is 34.4.